The summed E-state index contributed by atoms with van der Waals surface area (Å²) in [5, 5.41) is 4.94. The molecule has 0 aliphatic rings. The first-order chi connectivity index (χ1) is 9.92. The molecule has 2 heterocycles. The number of nitrogens with zero attached hydrogens (tertiary/aromatic N) is 1. The van der Waals surface area contributed by atoms with Crippen molar-refractivity contribution in [2.75, 3.05) is 11.3 Å². The van der Waals surface area contributed by atoms with Gasteiger partial charge in [0, 0.05) is 17.1 Å². The summed E-state index contributed by atoms with van der Waals surface area (Å²) in [5.74, 6) is 0.355. The minimum Gasteiger partial charge on any atom is -0.312 e. The number of aromatic nitrogens is 1. The van der Waals surface area contributed by atoms with Crippen LogP contribution in [0, 0.1) is 13.8 Å². The molecular formula is C14H19N3O2S2. The van der Waals surface area contributed by atoms with Crippen molar-refractivity contribution >= 4 is 27.2 Å². The topological polar surface area (TPSA) is 71.1 Å². The lowest BCUT2D eigenvalue weighted by atomic mass is 10.2. The van der Waals surface area contributed by atoms with Gasteiger partial charge in [0.15, 0.2) is 0 Å². The van der Waals surface area contributed by atoms with Crippen molar-refractivity contribution in [3.8, 4) is 0 Å². The van der Waals surface area contributed by atoms with Crippen LogP contribution in [0.1, 0.15) is 23.1 Å². The molecule has 0 saturated heterocycles. The number of nitrogens with one attached hydrogen (secondary N) is 2. The van der Waals surface area contributed by atoms with E-state index in [9.17, 15) is 8.42 Å². The van der Waals surface area contributed by atoms with Crippen molar-refractivity contribution in [3.63, 3.8) is 0 Å². The van der Waals surface area contributed by atoms with Crippen molar-refractivity contribution in [1.82, 2.24) is 10.3 Å². The summed E-state index contributed by atoms with van der Waals surface area (Å²) in [6, 6.07) is 5.25. The van der Waals surface area contributed by atoms with Gasteiger partial charge < -0.3 is 5.32 Å². The number of thiophene rings is 1. The number of hydrogen-bond acceptors (Lipinski definition) is 5. The third kappa shape index (κ3) is 4.03. The van der Waals surface area contributed by atoms with Crippen molar-refractivity contribution in [2.24, 2.45) is 0 Å². The molecule has 0 aromatic carbocycles. The molecule has 2 N–H and O–H groups in total. The maximum atomic E-state index is 12.5. The van der Waals surface area contributed by atoms with Gasteiger partial charge in [-0.05, 0) is 49.5 Å². The van der Waals surface area contributed by atoms with Gasteiger partial charge in [-0.3, -0.25) is 4.72 Å². The van der Waals surface area contributed by atoms with E-state index in [0.717, 1.165) is 22.7 Å². The van der Waals surface area contributed by atoms with Gasteiger partial charge in [-0.2, -0.15) is 0 Å². The minimum absolute atomic E-state index is 0.314. The van der Waals surface area contributed by atoms with E-state index in [0.29, 0.717) is 17.3 Å². The lowest BCUT2D eigenvalue weighted by Crippen LogP contribution is -2.18. The van der Waals surface area contributed by atoms with Crippen LogP contribution in [0.5, 0.6) is 0 Å². The van der Waals surface area contributed by atoms with Crippen molar-refractivity contribution in [2.45, 2.75) is 32.2 Å². The molecule has 114 valence electrons. The summed E-state index contributed by atoms with van der Waals surface area (Å²) in [4.78, 5) is 5.33. The molecule has 0 saturated carbocycles. The molecule has 0 spiro atoms. The largest absolute Gasteiger partial charge is 0.312 e. The van der Waals surface area contributed by atoms with E-state index in [-0.39, 0.29) is 0 Å². The second-order valence-corrected chi connectivity index (χ2v) is 7.42. The summed E-state index contributed by atoms with van der Waals surface area (Å²) in [7, 11) is -3.61. The van der Waals surface area contributed by atoms with Crippen molar-refractivity contribution in [1.29, 1.82) is 0 Å². The first-order valence-electron chi connectivity index (χ1n) is 6.67. The molecule has 0 bridgehead atoms. The molecule has 2 aromatic heterocycles. The van der Waals surface area contributed by atoms with Gasteiger partial charge in [-0.15, -0.1) is 11.3 Å². The highest BCUT2D eigenvalue weighted by Crippen LogP contribution is 2.24. The maximum absolute atomic E-state index is 12.5. The zero-order valence-electron chi connectivity index (χ0n) is 12.3. The SMILES string of the molecule is CCNCc1sccc1S(=O)(=O)Nc1cc(C)cc(C)n1. The summed E-state index contributed by atoms with van der Waals surface area (Å²) in [6.45, 7) is 7.08. The number of anilines is 1. The normalized spacial score (nSPS) is 11.6. The van der Waals surface area contributed by atoms with E-state index in [1.807, 2.05) is 26.8 Å². The molecule has 0 amide bonds. The van der Waals surface area contributed by atoms with Crippen LogP contribution in [0.25, 0.3) is 0 Å². The quantitative estimate of drug-likeness (QED) is 0.856. The lowest BCUT2D eigenvalue weighted by Gasteiger charge is -2.10. The van der Waals surface area contributed by atoms with Gasteiger partial charge >= 0.3 is 0 Å². The number of hydrogen-bond donors (Lipinski definition) is 2. The second kappa shape index (κ2) is 6.55. The second-order valence-electron chi connectivity index (χ2n) is 4.76. The summed E-state index contributed by atoms with van der Waals surface area (Å²) >= 11 is 1.43. The number of rotatable bonds is 6. The molecule has 7 heteroatoms. The fraction of sp³-hybridized carbons (Fsp3) is 0.357. The van der Waals surface area contributed by atoms with E-state index in [4.69, 9.17) is 0 Å². The Kier molecular flexibility index (Phi) is 4.97. The first-order valence-corrected chi connectivity index (χ1v) is 9.04. The Morgan fingerprint density at radius 1 is 1.29 bits per heavy atom. The minimum atomic E-state index is -3.61. The Labute approximate surface area is 129 Å². The standard InChI is InChI=1S/C14H19N3O2S2/c1-4-15-9-12-13(5-6-20-12)21(18,19)17-14-8-10(2)7-11(3)16-14/h5-8,15H,4,9H2,1-3H3,(H,16,17). The Morgan fingerprint density at radius 2 is 2.05 bits per heavy atom. The zero-order valence-corrected chi connectivity index (χ0v) is 13.9. The van der Waals surface area contributed by atoms with Crippen LogP contribution in [0.4, 0.5) is 5.82 Å². The van der Waals surface area contributed by atoms with Crippen molar-refractivity contribution in [3.05, 3.63) is 39.7 Å². The molecule has 0 atom stereocenters. The molecule has 2 aromatic rings. The average Bonchev–Trinajstić information content (AvgIpc) is 2.83. The molecule has 2 rings (SSSR count). The van der Waals surface area contributed by atoms with E-state index in [1.54, 1.807) is 17.5 Å². The van der Waals surface area contributed by atoms with Crippen LogP contribution in [-0.4, -0.2) is 19.9 Å². The predicted octanol–water partition coefficient (Wildman–Crippen LogP) is 2.67. The fourth-order valence-electron chi connectivity index (χ4n) is 2.02. The summed E-state index contributed by atoms with van der Waals surface area (Å²) in [5.41, 5.74) is 1.75. The third-order valence-electron chi connectivity index (χ3n) is 2.87. The first kappa shape index (κ1) is 15.9. The van der Waals surface area contributed by atoms with E-state index in [2.05, 4.69) is 15.0 Å². The zero-order chi connectivity index (χ0) is 15.5. The lowest BCUT2D eigenvalue weighted by molar-refractivity contribution is 0.599. The Hall–Kier alpha value is -1.44. The van der Waals surface area contributed by atoms with E-state index >= 15 is 0 Å². The highest BCUT2D eigenvalue weighted by Gasteiger charge is 2.20. The van der Waals surface area contributed by atoms with Gasteiger partial charge in [0.1, 0.15) is 10.7 Å². The molecule has 0 aliphatic heterocycles. The number of pyridine rings is 1. The highest BCUT2D eigenvalue weighted by atomic mass is 32.2. The molecule has 21 heavy (non-hydrogen) atoms. The summed E-state index contributed by atoms with van der Waals surface area (Å²) < 4.78 is 27.6. The number of sulfonamides is 1. The van der Waals surface area contributed by atoms with Crippen molar-refractivity contribution < 1.29 is 8.42 Å². The van der Waals surface area contributed by atoms with Gasteiger partial charge in [-0.1, -0.05) is 6.92 Å². The van der Waals surface area contributed by atoms with Gasteiger partial charge in [0.2, 0.25) is 0 Å². The van der Waals surface area contributed by atoms with E-state index in [1.165, 1.54) is 11.3 Å². The molecule has 0 aliphatic carbocycles. The Morgan fingerprint density at radius 3 is 2.71 bits per heavy atom. The maximum Gasteiger partial charge on any atom is 0.264 e. The summed E-state index contributed by atoms with van der Waals surface area (Å²) in [6.07, 6.45) is 0. The highest BCUT2D eigenvalue weighted by molar-refractivity contribution is 7.92. The Bertz CT molecular complexity index is 703. The molecule has 0 radical (unpaired) electrons. The smallest absolute Gasteiger partial charge is 0.264 e. The van der Waals surface area contributed by atoms with Crippen LogP contribution in [0.15, 0.2) is 28.5 Å². The van der Waals surface area contributed by atoms with Crippen LogP contribution >= 0.6 is 11.3 Å². The monoisotopic (exact) mass is 325 g/mol. The molecule has 0 unspecified atom stereocenters. The number of aryl methyl sites for hydroxylation is 2. The Balaban J connectivity index is 2.28. The van der Waals surface area contributed by atoms with Gasteiger partial charge in [0.25, 0.3) is 10.0 Å². The van der Waals surface area contributed by atoms with Crippen LogP contribution in [-0.2, 0) is 16.6 Å². The predicted molar refractivity (Wildman–Crippen MR) is 86.2 cm³/mol. The van der Waals surface area contributed by atoms with Gasteiger partial charge in [0.05, 0.1) is 0 Å². The van der Waals surface area contributed by atoms with Crippen LogP contribution in [0.2, 0.25) is 0 Å². The molecular weight excluding hydrogens is 306 g/mol. The van der Waals surface area contributed by atoms with Gasteiger partial charge in [-0.25, -0.2) is 13.4 Å². The fourth-order valence-corrected chi connectivity index (χ4v) is 4.43. The molecule has 5 nitrogen and oxygen atoms in total. The van der Waals surface area contributed by atoms with E-state index < -0.39 is 10.0 Å². The average molecular weight is 325 g/mol. The third-order valence-corrected chi connectivity index (χ3v) is 5.36. The van der Waals surface area contributed by atoms with Crippen LogP contribution in [0.3, 0.4) is 0 Å². The van der Waals surface area contributed by atoms with Crippen LogP contribution < -0.4 is 10.0 Å². The molecule has 0 fully saturated rings.